The minimum absolute atomic E-state index is 0.0998. The number of ether oxygens (including phenoxy) is 1. The van der Waals surface area contributed by atoms with Crippen LogP contribution in [-0.2, 0) is 6.42 Å². The van der Waals surface area contributed by atoms with Gasteiger partial charge in [0.25, 0.3) is 0 Å². The second-order valence-electron chi connectivity index (χ2n) is 4.52. The first-order valence-electron chi connectivity index (χ1n) is 5.98. The van der Waals surface area contributed by atoms with E-state index in [1.165, 1.54) is 0 Å². The van der Waals surface area contributed by atoms with Gasteiger partial charge in [0.1, 0.15) is 11.9 Å². The molecular weight excluding hydrogens is 258 g/mol. The molecule has 1 aliphatic heterocycles. The van der Waals surface area contributed by atoms with E-state index in [-0.39, 0.29) is 6.10 Å². The lowest BCUT2D eigenvalue weighted by molar-refractivity contribution is 0.282. The normalized spacial score (nSPS) is 16.6. The van der Waals surface area contributed by atoms with Crippen molar-refractivity contribution in [3.63, 3.8) is 0 Å². The summed E-state index contributed by atoms with van der Waals surface area (Å²) in [6, 6.07) is 11.3. The molecule has 2 nitrogen and oxygen atoms in total. The quantitative estimate of drug-likeness (QED) is 0.684. The molecule has 1 heterocycles. The van der Waals surface area contributed by atoms with Crippen LogP contribution in [0.5, 0.6) is 5.75 Å². The topological polar surface area (TPSA) is 13.6 Å². The Labute approximate surface area is 117 Å². The molecule has 19 heavy (non-hydrogen) atoms. The molecule has 0 bridgehead atoms. The smallest absolute Gasteiger partial charge is 0.188 e. The molecule has 0 aromatic heterocycles. The van der Waals surface area contributed by atoms with Gasteiger partial charge in [-0.05, 0) is 30.7 Å². The summed E-state index contributed by atoms with van der Waals surface area (Å²) in [6.07, 6.45) is 0.632. The van der Waals surface area contributed by atoms with Crippen molar-refractivity contribution in [2.24, 2.45) is 0 Å². The fourth-order valence-corrected chi connectivity index (χ4v) is 2.60. The largest absolute Gasteiger partial charge is 0.489 e. The highest BCUT2D eigenvalue weighted by Crippen LogP contribution is 2.43. The summed E-state index contributed by atoms with van der Waals surface area (Å²) in [5.41, 5.74) is 3.40. The molecule has 0 fully saturated rings. The maximum absolute atomic E-state index is 7.21. The predicted molar refractivity (Wildman–Crippen MR) is 76.6 cm³/mol. The van der Waals surface area contributed by atoms with Gasteiger partial charge in [-0.2, -0.15) is 0 Å². The van der Waals surface area contributed by atoms with Crippen molar-refractivity contribution in [2.75, 3.05) is 0 Å². The van der Waals surface area contributed by atoms with Crippen LogP contribution in [-0.4, -0.2) is 6.10 Å². The van der Waals surface area contributed by atoms with Gasteiger partial charge in [0.2, 0.25) is 0 Å². The van der Waals surface area contributed by atoms with Crippen LogP contribution in [0, 0.1) is 13.5 Å². The van der Waals surface area contributed by atoms with Crippen LogP contribution in [0.2, 0.25) is 5.02 Å². The Balaban J connectivity index is 2.25. The molecule has 0 amide bonds. The Morgan fingerprint density at radius 2 is 2.05 bits per heavy atom. The third-order valence-electron chi connectivity index (χ3n) is 3.18. The predicted octanol–water partition coefficient (Wildman–Crippen LogP) is 4.70. The highest BCUT2D eigenvalue weighted by atomic mass is 35.5. The monoisotopic (exact) mass is 268 g/mol. The van der Waals surface area contributed by atoms with Crippen molar-refractivity contribution in [3.8, 4) is 16.9 Å². The van der Waals surface area contributed by atoms with E-state index >= 15 is 0 Å². The van der Waals surface area contributed by atoms with E-state index in [9.17, 15) is 0 Å². The van der Waals surface area contributed by atoms with Crippen LogP contribution >= 0.6 is 11.6 Å². The summed E-state index contributed by atoms with van der Waals surface area (Å²) in [5.74, 6) is 0.806. The van der Waals surface area contributed by atoms with Crippen LogP contribution in [0.3, 0.4) is 0 Å². The van der Waals surface area contributed by atoms with E-state index in [4.69, 9.17) is 22.9 Å². The Kier molecular flexibility index (Phi) is 2.93. The van der Waals surface area contributed by atoms with Crippen molar-refractivity contribution < 1.29 is 4.74 Å². The van der Waals surface area contributed by atoms with Gasteiger partial charge < -0.3 is 4.74 Å². The molecule has 0 aliphatic carbocycles. The third kappa shape index (κ3) is 2.07. The highest BCUT2D eigenvalue weighted by Gasteiger charge is 2.24. The van der Waals surface area contributed by atoms with Crippen LogP contribution < -0.4 is 4.74 Å². The van der Waals surface area contributed by atoms with E-state index in [0.29, 0.717) is 10.7 Å². The maximum Gasteiger partial charge on any atom is 0.188 e. The molecule has 1 radical (unpaired) electrons. The summed E-state index contributed by atoms with van der Waals surface area (Å²) in [6.45, 7) is 11.1. The fourth-order valence-electron chi connectivity index (χ4n) is 2.36. The lowest BCUT2D eigenvalue weighted by Gasteiger charge is -2.11. The lowest BCUT2D eigenvalue weighted by Crippen LogP contribution is -2.06. The molecule has 3 rings (SSSR count). The number of hydrogen-bond acceptors (Lipinski definition) is 1. The minimum atomic E-state index is -0.0998. The second kappa shape index (κ2) is 4.60. The average Bonchev–Trinajstić information content (AvgIpc) is 2.78. The summed E-state index contributed by atoms with van der Waals surface area (Å²) < 4.78 is 5.77. The number of hydrogen-bond donors (Lipinski definition) is 0. The van der Waals surface area contributed by atoms with Gasteiger partial charge in [-0.15, -0.1) is 0 Å². The SMILES string of the molecule is [C-]#[N+]c1cc2c(c(-c3ccccc3Cl)c1)OC([CH2])C2. The molecule has 0 saturated carbocycles. The van der Waals surface area contributed by atoms with E-state index in [0.717, 1.165) is 28.9 Å². The first kappa shape index (κ1) is 12.1. The Hall–Kier alpha value is -1.98. The van der Waals surface area contributed by atoms with Gasteiger partial charge in [-0.25, -0.2) is 4.85 Å². The zero-order chi connectivity index (χ0) is 13.4. The Morgan fingerprint density at radius 3 is 2.79 bits per heavy atom. The molecule has 0 spiro atoms. The van der Waals surface area contributed by atoms with Gasteiger partial charge in [0, 0.05) is 22.6 Å². The molecule has 93 valence electrons. The standard InChI is InChI=1S/C16H11ClNO/c1-10-7-11-8-12(18-2)9-14(16(11)19-10)13-5-3-4-6-15(13)17/h3-6,8-10H,1,7H2. The van der Waals surface area contributed by atoms with Gasteiger partial charge in [-0.3, -0.25) is 0 Å². The number of halogens is 1. The van der Waals surface area contributed by atoms with Crippen molar-refractivity contribution >= 4 is 17.3 Å². The lowest BCUT2D eigenvalue weighted by atomic mass is 9.99. The third-order valence-corrected chi connectivity index (χ3v) is 3.51. The first-order valence-corrected chi connectivity index (χ1v) is 6.36. The molecule has 1 atom stereocenters. The molecule has 2 aromatic carbocycles. The van der Waals surface area contributed by atoms with E-state index in [2.05, 4.69) is 11.8 Å². The van der Waals surface area contributed by atoms with Crippen molar-refractivity contribution in [1.29, 1.82) is 0 Å². The van der Waals surface area contributed by atoms with E-state index in [1.807, 2.05) is 36.4 Å². The van der Waals surface area contributed by atoms with Crippen LogP contribution in [0.15, 0.2) is 36.4 Å². The summed E-state index contributed by atoms with van der Waals surface area (Å²) in [7, 11) is 0. The Bertz CT molecular complexity index is 688. The van der Waals surface area contributed by atoms with Gasteiger partial charge >= 0.3 is 0 Å². The number of rotatable bonds is 1. The fraction of sp³-hybridized carbons (Fsp3) is 0.125. The first-order chi connectivity index (χ1) is 9.19. The van der Waals surface area contributed by atoms with Crippen molar-refractivity contribution in [3.05, 3.63) is 65.3 Å². The van der Waals surface area contributed by atoms with Crippen LogP contribution in [0.25, 0.3) is 16.0 Å². The van der Waals surface area contributed by atoms with Gasteiger partial charge in [0.05, 0.1) is 6.57 Å². The van der Waals surface area contributed by atoms with Crippen LogP contribution in [0.1, 0.15) is 5.56 Å². The molecule has 0 N–H and O–H groups in total. The number of benzene rings is 2. The van der Waals surface area contributed by atoms with Crippen molar-refractivity contribution in [1.82, 2.24) is 0 Å². The average molecular weight is 269 g/mol. The van der Waals surface area contributed by atoms with E-state index < -0.39 is 0 Å². The van der Waals surface area contributed by atoms with Crippen LogP contribution in [0.4, 0.5) is 5.69 Å². The van der Waals surface area contributed by atoms with Gasteiger partial charge in [0.15, 0.2) is 5.69 Å². The van der Waals surface area contributed by atoms with E-state index in [1.54, 1.807) is 0 Å². The maximum atomic E-state index is 7.21. The Morgan fingerprint density at radius 1 is 1.26 bits per heavy atom. The summed E-state index contributed by atoms with van der Waals surface area (Å²) in [4.78, 5) is 3.52. The molecule has 0 saturated heterocycles. The molecule has 2 aromatic rings. The zero-order valence-corrected chi connectivity index (χ0v) is 10.9. The summed E-state index contributed by atoms with van der Waals surface area (Å²) in [5, 5.41) is 0.656. The number of fused-ring (bicyclic) bond motifs is 1. The molecule has 1 unspecified atom stereocenters. The second-order valence-corrected chi connectivity index (χ2v) is 4.92. The number of nitrogens with zero attached hydrogens (tertiary/aromatic N) is 1. The molecule has 1 aliphatic rings. The highest BCUT2D eigenvalue weighted by molar-refractivity contribution is 6.33. The minimum Gasteiger partial charge on any atom is -0.489 e. The van der Waals surface area contributed by atoms with Gasteiger partial charge in [-0.1, -0.05) is 29.8 Å². The molecular formula is C16H11ClNO. The molecule has 3 heteroatoms. The summed E-state index contributed by atoms with van der Waals surface area (Å²) >= 11 is 6.24. The zero-order valence-electron chi connectivity index (χ0n) is 10.2. The van der Waals surface area contributed by atoms with Crippen molar-refractivity contribution in [2.45, 2.75) is 12.5 Å².